The molecule has 0 radical (unpaired) electrons. The molecule has 34 heavy (non-hydrogen) atoms. The van der Waals surface area contributed by atoms with Crippen LogP contribution in [0.25, 0.3) is 0 Å². The standard InChI is InChI=1S/C22H26F6N4O2/c23-21(24,25)15-1-3-17-19(13-15)31-7-11-34-12-8-32-20-14-16(22(26,27)28)2-4-18(20)30-6-10-33-9-5-29-17/h1-4,13-14,29-32H,5-12H2. The van der Waals surface area contributed by atoms with Crippen LogP contribution in [-0.2, 0) is 21.8 Å². The number of ether oxygens (including phenoxy) is 2. The Balaban J connectivity index is 1.66. The number of anilines is 4. The van der Waals surface area contributed by atoms with Crippen molar-refractivity contribution in [2.24, 2.45) is 0 Å². The Hall–Kier alpha value is -2.86. The second-order valence-electron chi connectivity index (χ2n) is 7.45. The quantitative estimate of drug-likeness (QED) is 0.383. The van der Waals surface area contributed by atoms with Crippen molar-refractivity contribution in [2.75, 3.05) is 73.9 Å². The maximum Gasteiger partial charge on any atom is 0.416 e. The van der Waals surface area contributed by atoms with E-state index in [4.69, 9.17) is 9.47 Å². The van der Waals surface area contributed by atoms with Gasteiger partial charge in [-0.3, -0.25) is 0 Å². The molecule has 2 aromatic carbocycles. The molecule has 1 heterocycles. The van der Waals surface area contributed by atoms with Crippen LogP contribution >= 0.6 is 0 Å². The van der Waals surface area contributed by atoms with Crippen LogP contribution in [-0.4, -0.2) is 52.6 Å². The Morgan fingerprint density at radius 1 is 0.500 bits per heavy atom. The summed E-state index contributed by atoms with van der Waals surface area (Å²) in [5.74, 6) is 0. The molecule has 0 atom stereocenters. The van der Waals surface area contributed by atoms with Gasteiger partial charge in [0.2, 0.25) is 0 Å². The van der Waals surface area contributed by atoms with Gasteiger partial charge in [-0.05, 0) is 36.4 Å². The SMILES string of the molecule is FC(F)(F)c1ccc2c(c1)NCCOCCNc1cc(C(F)(F)F)ccc1NCCOCCN2. The number of nitrogens with one attached hydrogen (secondary N) is 4. The average molecular weight is 492 g/mol. The van der Waals surface area contributed by atoms with Gasteiger partial charge in [0.25, 0.3) is 0 Å². The third-order valence-electron chi connectivity index (χ3n) is 4.94. The van der Waals surface area contributed by atoms with Crippen LogP contribution in [0.3, 0.4) is 0 Å². The van der Waals surface area contributed by atoms with E-state index in [9.17, 15) is 26.3 Å². The lowest BCUT2D eigenvalue weighted by molar-refractivity contribution is -0.138. The van der Waals surface area contributed by atoms with Gasteiger partial charge in [-0.15, -0.1) is 0 Å². The summed E-state index contributed by atoms with van der Waals surface area (Å²) in [6, 6.07) is 6.80. The number of rotatable bonds is 0. The van der Waals surface area contributed by atoms with E-state index in [1.165, 1.54) is 12.1 Å². The summed E-state index contributed by atoms with van der Waals surface area (Å²) in [4.78, 5) is 0. The number of halogens is 6. The maximum atomic E-state index is 13.1. The number of hydrogen-bond acceptors (Lipinski definition) is 6. The first kappa shape index (κ1) is 25.8. The lowest BCUT2D eigenvalue weighted by Gasteiger charge is -2.18. The van der Waals surface area contributed by atoms with E-state index in [0.29, 0.717) is 24.5 Å². The van der Waals surface area contributed by atoms with Crippen LogP contribution in [0.4, 0.5) is 49.1 Å². The highest BCUT2D eigenvalue weighted by Gasteiger charge is 2.32. The maximum absolute atomic E-state index is 13.1. The summed E-state index contributed by atoms with van der Waals surface area (Å²) in [7, 11) is 0. The molecular weight excluding hydrogens is 466 g/mol. The van der Waals surface area contributed by atoms with Gasteiger partial charge < -0.3 is 30.7 Å². The minimum Gasteiger partial charge on any atom is -0.381 e. The first-order valence-electron chi connectivity index (χ1n) is 10.7. The highest BCUT2D eigenvalue weighted by Crippen LogP contribution is 2.35. The molecule has 3 rings (SSSR count). The Labute approximate surface area is 193 Å². The van der Waals surface area contributed by atoms with Crippen LogP contribution in [0, 0.1) is 0 Å². The minimum atomic E-state index is -4.47. The fourth-order valence-electron chi connectivity index (χ4n) is 3.28. The van der Waals surface area contributed by atoms with Crippen molar-refractivity contribution >= 4 is 22.7 Å². The summed E-state index contributed by atoms with van der Waals surface area (Å²) in [5.41, 5.74) is 0.0405. The van der Waals surface area contributed by atoms with Crippen LogP contribution in [0.5, 0.6) is 0 Å². The summed E-state index contributed by atoms with van der Waals surface area (Å²) in [6.07, 6.45) is -8.94. The Kier molecular flexibility index (Phi) is 8.72. The highest BCUT2D eigenvalue weighted by molar-refractivity contribution is 5.71. The number of hydrogen-bond donors (Lipinski definition) is 4. The fourth-order valence-corrected chi connectivity index (χ4v) is 3.28. The summed E-state index contributed by atoms with van der Waals surface area (Å²) < 4.78 is 89.5. The third kappa shape index (κ3) is 7.59. The van der Waals surface area contributed by atoms with Gasteiger partial charge in [0.15, 0.2) is 0 Å². The summed E-state index contributed by atoms with van der Waals surface area (Å²) in [6.45, 7) is 2.12. The predicted octanol–water partition coefficient (Wildman–Crippen LogP) is 5.12. The Morgan fingerprint density at radius 2 is 0.824 bits per heavy atom. The molecule has 0 saturated heterocycles. The van der Waals surface area contributed by atoms with Crippen molar-refractivity contribution in [3.05, 3.63) is 47.5 Å². The molecule has 0 amide bonds. The van der Waals surface area contributed by atoms with Crippen LogP contribution in [0.15, 0.2) is 36.4 Å². The molecule has 12 heteroatoms. The Bertz CT molecular complexity index is 863. The van der Waals surface area contributed by atoms with Gasteiger partial charge in [0.05, 0.1) is 60.3 Å². The van der Waals surface area contributed by atoms with E-state index >= 15 is 0 Å². The zero-order chi connectivity index (χ0) is 24.6. The van der Waals surface area contributed by atoms with Gasteiger partial charge in [-0.2, -0.15) is 26.3 Å². The van der Waals surface area contributed by atoms with E-state index in [-0.39, 0.29) is 50.9 Å². The molecule has 0 aromatic heterocycles. The van der Waals surface area contributed by atoms with E-state index in [0.717, 1.165) is 24.3 Å². The van der Waals surface area contributed by atoms with E-state index in [1.54, 1.807) is 0 Å². The molecule has 6 nitrogen and oxygen atoms in total. The van der Waals surface area contributed by atoms with Crippen molar-refractivity contribution in [3.63, 3.8) is 0 Å². The van der Waals surface area contributed by atoms with Gasteiger partial charge in [0.1, 0.15) is 0 Å². The molecule has 188 valence electrons. The molecule has 0 bridgehead atoms. The molecule has 0 aliphatic carbocycles. The highest BCUT2D eigenvalue weighted by atomic mass is 19.4. The summed E-state index contributed by atoms with van der Waals surface area (Å²) in [5, 5.41) is 12.0. The second kappa shape index (κ2) is 11.5. The van der Waals surface area contributed by atoms with Gasteiger partial charge in [-0.1, -0.05) is 0 Å². The fraction of sp³-hybridized carbons (Fsp3) is 0.455. The molecule has 2 aromatic rings. The normalized spacial score (nSPS) is 16.9. The first-order valence-corrected chi connectivity index (χ1v) is 10.7. The average Bonchev–Trinajstić information content (AvgIpc) is 2.77. The van der Waals surface area contributed by atoms with Crippen molar-refractivity contribution < 1.29 is 35.8 Å². The molecule has 1 aliphatic heterocycles. The molecular formula is C22H26F6N4O2. The monoisotopic (exact) mass is 492 g/mol. The molecule has 0 spiro atoms. The second-order valence-corrected chi connectivity index (χ2v) is 7.45. The number of alkyl halides is 6. The number of benzene rings is 2. The lowest BCUT2D eigenvalue weighted by Crippen LogP contribution is -2.19. The van der Waals surface area contributed by atoms with Crippen molar-refractivity contribution in [1.29, 1.82) is 0 Å². The minimum absolute atomic E-state index is 0.189. The first-order chi connectivity index (χ1) is 16.1. The summed E-state index contributed by atoms with van der Waals surface area (Å²) >= 11 is 0. The predicted molar refractivity (Wildman–Crippen MR) is 118 cm³/mol. The van der Waals surface area contributed by atoms with E-state index < -0.39 is 23.5 Å². The molecule has 0 saturated carbocycles. The molecule has 4 N–H and O–H groups in total. The lowest BCUT2D eigenvalue weighted by atomic mass is 10.1. The smallest absolute Gasteiger partial charge is 0.381 e. The zero-order valence-corrected chi connectivity index (χ0v) is 18.2. The van der Waals surface area contributed by atoms with Gasteiger partial charge >= 0.3 is 12.4 Å². The molecule has 1 aliphatic rings. The topological polar surface area (TPSA) is 66.6 Å². The van der Waals surface area contributed by atoms with Crippen LogP contribution < -0.4 is 21.3 Å². The van der Waals surface area contributed by atoms with Crippen LogP contribution in [0.2, 0.25) is 0 Å². The van der Waals surface area contributed by atoms with Crippen molar-refractivity contribution in [2.45, 2.75) is 12.4 Å². The van der Waals surface area contributed by atoms with E-state index in [1.807, 2.05) is 0 Å². The van der Waals surface area contributed by atoms with Gasteiger partial charge in [-0.25, -0.2) is 0 Å². The van der Waals surface area contributed by atoms with Gasteiger partial charge in [0, 0.05) is 26.2 Å². The van der Waals surface area contributed by atoms with E-state index in [2.05, 4.69) is 21.3 Å². The zero-order valence-electron chi connectivity index (χ0n) is 18.2. The Morgan fingerprint density at radius 3 is 1.15 bits per heavy atom. The van der Waals surface area contributed by atoms with Crippen LogP contribution in [0.1, 0.15) is 11.1 Å². The molecule has 0 unspecified atom stereocenters. The molecule has 0 fully saturated rings. The number of fused-ring (bicyclic) bond motifs is 2. The largest absolute Gasteiger partial charge is 0.416 e. The van der Waals surface area contributed by atoms with Crippen molar-refractivity contribution in [1.82, 2.24) is 0 Å². The van der Waals surface area contributed by atoms with Crippen molar-refractivity contribution in [3.8, 4) is 0 Å². The third-order valence-corrected chi connectivity index (χ3v) is 4.94.